The molecule has 2 aromatic rings. The third-order valence-corrected chi connectivity index (χ3v) is 2.80. The molecule has 0 aliphatic carbocycles. The van der Waals surface area contributed by atoms with E-state index in [9.17, 15) is 0 Å². The minimum atomic E-state index is 0.660. The van der Waals surface area contributed by atoms with Crippen LogP contribution >= 0.6 is 11.6 Å². The van der Waals surface area contributed by atoms with Crippen molar-refractivity contribution in [3.05, 3.63) is 40.9 Å². The van der Waals surface area contributed by atoms with Gasteiger partial charge < -0.3 is 9.73 Å². The normalized spacial score (nSPS) is 10.8. The number of hydrogen-bond acceptors (Lipinski definition) is 3. The van der Waals surface area contributed by atoms with Crippen molar-refractivity contribution in [2.45, 2.75) is 26.8 Å². The summed E-state index contributed by atoms with van der Waals surface area (Å²) in [5.41, 5.74) is 2.08. The van der Waals surface area contributed by atoms with E-state index in [0.29, 0.717) is 17.5 Å². The summed E-state index contributed by atoms with van der Waals surface area (Å²) in [5.74, 6) is 1.46. The van der Waals surface area contributed by atoms with Crippen molar-refractivity contribution in [3.63, 3.8) is 0 Å². The van der Waals surface area contributed by atoms with E-state index >= 15 is 0 Å². The zero-order chi connectivity index (χ0) is 13.0. The molecule has 1 aromatic heterocycles. The summed E-state index contributed by atoms with van der Waals surface area (Å²) in [6, 6.07) is 5.85. The van der Waals surface area contributed by atoms with Gasteiger partial charge in [-0.1, -0.05) is 18.5 Å². The Hall–Kier alpha value is -1.32. The number of oxazole rings is 1. The molecule has 0 aliphatic heterocycles. The first-order valence-corrected chi connectivity index (χ1v) is 6.50. The van der Waals surface area contributed by atoms with E-state index in [4.69, 9.17) is 16.0 Å². The van der Waals surface area contributed by atoms with E-state index in [-0.39, 0.29) is 0 Å². The first-order valence-electron chi connectivity index (χ1n) is 6.12. The van der Waals surface area contributed by atoms with Crippen LogP contribution in [-0.4, -0.2) is 11.5 Å². The van der Waals surface area contributed by atoms with Gasteiger partial charge in [0.2, 0.25) is 5.89 Å². The Bertz CT molecular complexity index is 502. The Kier molecular flexibility index (Phi) is 4.39. The van der Waals surface area contributed by atoms with Crippen LogP contribution in [0.15, 0.2) is 28.8 Å². The van der Waals surface area contributed by atoms with E-state index in [2.05, 4.69) is 17.2 Å². The summed E-state index contributed by atoms with van der Waals surface area (Å²) in [6.07, 6.45) is 2.84. The summed E-state index contributed by atoms with van der Waals surface area (Å²) in [4.78, 5) is 4.25. The maximum atomic E-state index is 6.03. The highest BCUT2D eigenvalue weighted by Crippen LogP contribution is 2.25. The fraction of sp³-hybridized carbons (Fsp3) is 0.357. The van der Waals surface area contributed by atoms with Crippen LogP contribution in [0.25, 0.3) is 11.3 Å². The molecular weight excluding hydrogens is 248 g/mol. The summed E-state index contributed by atoms with van der Waals surface area (Å²) in [7, 11) is 0. The monoisotopic (exact) mass is 264 g/mol. The number of aryl methyl sites for hydroxylation is 1. The highest BCUT2D eigenvalue weighted by molar-refractivity contribution is 6.30. The topological polar surface area (TPSA) is 38.1 Å². The molecule has 0 saturated carbocycles. The van der Waals surface area contributed by atoms with Crippen molar-refractivity contribution in [2.75, 3.05) is 6.54 Å². The number of aromatic nitrogens is 1. The minimum Gasteiger partial charge on any atom is -0.439 e. The molecule has 0 fully saturated rings. The largest absolute Gasteiger partial charge is 0.439 e. The van der Waals surface area contributed by atoms with Gasteiger partial charge in [0.1, 0.15) is 0 Å². The molecule has 18 heavy (non-hydrogen) atoms. The molecule has 0 spiro atoms. The van der Waals surface area contributed by atoms with Crippen molar-refractivity contribution < 1.29 is 4.42 Å². The van der Waals surface area contributed by atoms with Crippen LogP contribution in [0.1, 0.15) is 24.8 Å². The quantitative estimate of drug-likeness (QED) is 0.835. The molecular formula is C14H17ClN2O. The standard InChI is InChI=1S/C14H17ClN2O/c1-3-4-16-9-14-17-8-13(18-14)11-5-10(2)6-12(15)7-11/h5-8,16H,3-4,9H2,1-2H3. The SMILES string of the molecule is CCCNCc1ncc(-c2cc(C)cc(Cl)c2)o1. The highest BCUT2D eigenvalue weighted by atomic mass is 35.5. The van der Waals surface area contributed by atoms with Crippen molar-refractivity contribution in [2.24, 2.45) is 0 Å². The smallest absolute Gasteiger partial charge is 0.208 e. The lowest BCUT2D eigenvalue weighted by atomic mass is 10.1. The second-order valence-electron chi connectivity index (χ2n) is 4.31. The molecule has 0 aliphatic rings. The van der Waals surface area contributed by atoms with Crippen molar-refractivity contribution >= 4 is 11.6 Å². The summed E-state index contributed by atoms with van der Waals surface area (Å²) >= 11 is 6.03. The van der Waals surface area contributed by atoms with Crippen LogP contribution < -0.4 is 5.32 Å². The average molecular weight is 265 g/mol. The molecule has 3 nitrogen and oxygen atoms in total. The van der Waals surface area contributed by atoms with Crippen molar-refractivity contribution in [1.82, 2.24) is 10.3 Å². The lowest BCUT2D eigenvalue weighted by molar-refractivity contribution is 0.478. The average Bonchev–Trinajstić information content (AvgIpc) is 2.77. The molecule has 0 saturated heterocycles. The zero-order valence-electron chi connectivity index (χ0n) is 10.7. The Balaban J connectivity index is 2.13. The van der Waals surface area contributed by atoms with Crippen molar-refractivity contribution in [1.29, 1.82) is 0 Å². The molecule has 0 amide bonds. The summed E-state index contributed by atoms with van der Waals surface area (Å²) in [6.45, 7) is 5.76. The fourth-order valence-electron chi connectivity index (χ4n) is 1.78. The van der Waals surface area contributed by atoms with Gasteiger partial charge >= 0.3 is 0 Å². The Labute approximate surface area is 112 Å². The van der Waals surface area contributed by atoms with Gasteiger partial charge in [-0.25, -0.2) is 4.98 Å². The molecule has 0 unspecified atom stereocenters. The number of halogens is 1. The number of nitrogens with one attached hydrogen (secondary N) is 1. The van der Waals surface area contributed by atoms with E-state index in [0.717, 1.165) is 29.9 Å². The van der Waals surface area contributed by atoms with E-state index in [1.165, 1.54) is 0 Å². The van der Waals surface area contributed by atoms with Gasteiger partial charge in [-0.15, -0.1) is 0 Å². The van der Waals surface area contributed by atoms with Crippen LogP contribution in [-0.2, 0) is 6.54 Å². The third kappa shape index (κ3) is 3.34. The molecule has 96 valence electrons. The van der Waals surface area contributed by atoms with Gasteiger partial charge in [0.15, 0.2) is 5.76 Å². The number of hydrogen-bond donors (Lipinski definition) is 1. The highest BCUT2D eigenvalue weighted by Gasteiger charge is 2.07. The fourth-order valence-corrected chi connectivity index (χ4v) is 2.07. The predicted molar refractivity (Wildman–Crippen MR) is 73.7 cm³/mol. The minimum absolute atomic E-state index is 0.660. The second kappa shape index (κ2) is 6.03. The van der Waals surface area contributed by atoms with Crippen LogP contribution in [0.3, 0.4) is 0 Å². The summed E-state index contributed by atoms with van der Waals surface area (Å²) < 4.78 is 5.69. The lowest BCUT2D eigenvalue weighted by Crippen LogP contribution is -2.13. The van der Waals surface area contributed by atoms with E-state index < -0.39 is 0 Å². The van der Waals surface area contributed by atoms with Crippen LogP contribution in [0.4, 0.5) is 0 Å². The van der Waals surface area contributed by atoms with Gasteiger partial charge in [-0.2, -0.15) is 0 Å². The van der Waals surface area contributed by atoms with Gasteiger partial charge in [-0.3, -0.25) is 0 Å². The maximum Gasteiger partial charge on any atom is 0.208 e. The Morgan fingerprint density at radius 3 is 2.89 bits per heavy atom. The first-order chi connectivity index (χ1) is 8.69. The van der Waals surface area contributed by atoms with Gasteiger partial charge in [0.05, 0.1) is 12.7 Å². The van der Waals surface area contributed by atoms with Crippen LogP contribution in [0, 0.1) is 6.92 Å². The second-order valence-corrected chi connectivity index (χ2v) is 4.75. The molecule has 1 heterocycles. The first kappa shape index (κ1) is 13.1. The number of nitrogens with zero attached hydrogens (tertiary/aromatic N) is 1. The predicted octanol–water partition coefficient (Wildman–Crippen LogP) is 3.80. The molecule has 0 radical (unpaired) electrons. The van der Waals surface area contributed by atoms with Gasteiger partial charge in [-0.05, 0) is 43.7 Å². The zero-order valence-corrected chi connectivity index (χ0v) is 11.4. The Morgan fingerprint density at radius 2 is 2.17 bits per heavy atom. The molecule has 4 heteroatoms. The van der Waals surface area contributed by atoms with E-state index in [1.54, 1.807) is 6.20 Å². The van der Waals surface area contributed by atoms with Gasteiger partial charge in [0, 0.05) is 10.6 Å². The van der Waals surface area contributed by atoms with Crippen LogP contribution in [0.2, 0.25) is 5.02 Å². The van der Waals surface area contributed by atoms with E-state index in [1.807, 2.05) is 25.1 Å². The number of benzene rings is 1. The molecule has 1 N–H and O–H groups in total. The molecule has 0 atom stereocenters. The Morgan fingerprint density at radius 1 is 1.33 bits per heavy atom. The number of rotatable bonds is 5. The van der Waals surface area contributed by atoms with Crippen molar-refractivity contribution in [3.8, 4) is 11.3 Å². The third-order valence-electron chi connectivity index (χ3n) is 2.58. The van der Waals surface area contributed by atoms with Crippen LogP contribution in [0.5, 0.6) is 0 Å². The summed E-state index contributed by atoms with van der Waals surface area (Å²) in [5, 5.41) is 3.97. The molecule has 0 bridgehead atoms. The molecule has 2 rings (SSSR count). The molecule has 1 aromatic carbocycles. The lowest BCUT2D eigenvalue weighted by Gasteiger charge is -2.00. The maximum absolute atomic E-state index is 6.03. The van der Waals surface area contributed by atoms with Gasteiger partial charge in [0.25, 0.3) is 0 Å².